The molecule has 2 nitrogen and oxygen atoms in total. The van der Waals surface area contributed by atoms with Crippen LogP contribution >= 0.6 is 0 Å². The molecule has 0 saturated heterocycles. The first-order valence-electron chi connectivity index (χ1n) is 10.9. The second kappa shape index (κ2) is 14.0. The Kier molecular flexibility index (Phi) is 11.2. The SMILES string of the molecule is CCCCCCCCCCOc1ccc(CCc2ccc(OC(F)F)cc2)cc1. The van der Waals surface area contributed by atoms with Crippen molar-refractivity contribution in [3.05, 3.63) is 59.7 Å². The molecule has 0 aliphatic rings. The van der Waals surface area contributed by atoms with Crippen LogP contribution in [0.3, 0.4) is 0 Å². The van der Waals surface area contributed by atoms with E-state index in [2.05, 4.69) is 23.8 Å². The van der Waals surface area contributed by atoms with Crippen molar-refractivity contribution in [3.8, 4) is 11.5 Å². The smallest absolute Gasteiger partial charge is 0.387 e. The van der Waals surface area contributed by atoms with Gasteiger partial charge in [-0.25, -0.2) is 0 Å². The van der Waals surface area contributed by atoms with E-state index in [0.717, 1.165) is 37.2 Å². The molecule has 0 N–H and O–H groups in total. The summed E-state index contributed by atoms with van der Waals surface area (Å²) in [5.41, 5.74) is 2.33. The minimum absolute atomic E-state index is 0.196. The van der Waals surface area contributed by atoms with Crippen LogP contribution in [-0.4, -0.2) is 13.2 Å². The van der Waals surface area contributed by atoms with Gasteiger partial charge >= 0.3 is 6.61 Å². The fourth-order valence-electron chi connectivity index (χ4n) is 3.30. The maximum atomic E-state index is 12.2. The normalized spacial score (nSPS) is 11.0. The lowest BCUT2D eigenvalue weighted by molar-refractivity contribution is -0.0498. The van der Waals surface area contributed by atoms with Crippen molar-refractivity contribution in [3.63, 3.8) is 0 Å². The van der Waals surface area contributed by atoms with E-state index in [4.69, 9.17) is 4.74 Å². The van der Waals surface area contributed by atoms with Gasteiger partial charge < -0.3 is 9.47 Å². The van der Waals surface area contributed by atoms with Crippen molar-refractivity contribution in [2.75, 3.05) is 6.61 Å². The molecule has 0 heterocycles. The number of hydrogen-bond acceptors (Lipinski definition) is 2. The Hall–Kier alpha value is -2.10. The van der Waals surface area contributed by atoms with E-state index >= 15 is 0 Å². The fraction of sp³-hybridized carbons (Fsp3) is 0.520. The molecule has 0 atom stereocenters. The van der Waals surface area contributed by atoms with Crippen LogP contribution < -0.4 is 9.47 Å². The molecule has 0 radical (unpaired) electrons. The minimum Gasteiger partial charge on any atom is -0.494 e. The van der Waals surface area contributed by atoms with Gasteiger partial charge in [0.1, 0.15) is 11.5 Å². The van der Waals surface area contributed by atoms with Crippen LogP contribution in [0.15, 0.2) is 48.5 Å². The molecule has 2 aromatic carbocycles. The molecule has 0 fully saturated rings. The lowest BCUT2D eigenvalue weighted by atomic mass is 10.0. The van der Waals surface area contributed by atoms with Gasteiger partial charge in [0.05, 0.1) is 6.61 Å². The van der Waals surface area contributed by atoms with Crippen molar-refractivity contribution in [1.29, 1.82) is 0 Å². The highest BCUT2D eigenvalue weighted by atomic mass is 19.3. The average molecular weight is 405 g/mol. The van der Waals surface area contributed by atoms with Gasteiger partial charge in [0.25, 0.3) is 0 Å². The minimum atomic E-state index is -2.78. The summed E-state index contributed by atoms with van der Waals surface area (Å²) in [5.74, 6) is 1.12. The molecule has 29 heavy (non-hydrogen) atoms. The second-order valence-electron chi connectivity index (χ2n) is 7.49. The number of rotatable bonds is 15. The third-order valence-corrected chi connectivity index (χ3v) is 5.04. The summed E-state index contributed by atoms with van der Waals surface area (Å²) in [7, 11) is 0. The molecule has 0 saturated carbocycles. The topological polar surface area (TPSA) is 18.5 Å². The third-order valence-electron chi connectivity index (χ3n) is 5.04. The summed E-state index contributed by atoms with van der Waals surface area (Å²) in [5, 5.41) is 0. The van der Waals surface area contributed by atoms with Crippen LogP contribution in [0.2, 0.25) is 0 Å². The lowest BCUT2D eigenvalue weighted by Crippen LogP contribution is -2.01. The number of unbranched alkanes of at least 4 members (excludes halogenated alkanes) is 7. The van der Waals surface area contributed by atoms with Gasteiger partial charge in [0.2, 0.25) is 0 Å². The van der Waals surface area contributed by atoms with E-state index in [1.165, 1.54) is 50.5 Å². The fourth-order valence-corrected chi connectivity index (χ4v) is 3.30. The summed E-state index contributed by atoms with van der Waals surface area (Å²) >= 11 is 0. The first kappa shape index (κ1) is 23.2. The molecule has 2 aromatic rings. The molecule has 2 rings (SSSR count). The zero-order valence-electron chi connectivity index (χ0n) is 17.5. The van der Waals surface area contributed by atoms with Gasteiger partial charge in [-0.15, -0.1) is 0 Å². The summed E-state index contributed by atoms with van der Waals surface area (Å²) in [6, 6.07) is 15.1. The number of halogens is 2. The predicted octanol–water partition coefficient (Wildman–Crippen LogP) is 7.59. The summed E-state index contributed by atoms with van der Waals surface area (Å²) < 4.78 is 34.6. The van der Waals surface area contributed by atoms with Crippen molar-refractivity contribution in [1.82, 2.24) is 0 Å². The van der Waals surface area contributed by atoms with Crippen LogP contribution in [-0.2, 0) is 12.8 Å². The summed E-state index contributed by atoms with van der Waals surface area (Å²) in [6.07, 6.45) is 12.2. The van der Waals surface area contributed by atoms with Crippen LogP contribution in [0.5, 0.6) is 11.5 Å². The van der Waals surface area contributed by atoms with E-state index < -0.39 is 6.61 Å². The Balaban J connectivity index is 1.59. The standard InChI is InChI=1S/C25H34F2O2/c1-2-3-4-5-6-7-8-9-20-28-23-16-12-21(13-17-23)10-11-22-14-18-24(19-15-22)29-25(26)27/h12-19,25H,2-11,20H2,1H3. The number of alkyl halides is 2. The van der Waals surface area contributed by atoms with Crippen molar-refractivity contribution < 1.29 is 18.3 Å². The quantitative estimate of drug-likeness (QED) is 0.285. The van der Waals surface area contributed by atoms with Crippen molar-refractivity contribution >= 4 is 0 Å². The number of benzene rings is 2. The maximum absolute atomic E-state index is 12.2. The Labute approximate surface area is 174 Å². The van der Waals surface area contributed by atoms with Crippen LogP contribution in [0, 0.1) is 0 Å². The second-order valence-corrected chi connectivity index (χ2v) is 7.49. The predicted molar refractivity (Wildman–Crippen MR) is 115 cm³/mol. The zero-order chi connectivity index (χ0) is 20.7. The van der Waals surface area contributed by atoms with Gasteiger partial charge in [0, 0.05) is 0 Å². The molecule has 0 aromatic heterocycles. The Morgan fingerprint density at radius 3 is 1.66 bits per heavy atom. The highest BCUT2D eigenvalue weighted by Crippen LogP contribution is 2.18. The van der Waals surface area contributed by atoms with Gasteiger partial charge in [0.15, 0.2) is 0 Å². The molecule has 160 valence electrons. The van der Waals surface area contributed by atoms with Crippen LogP contribution in [0.1, 0.15) is 69.4 Å². The summed E-state index contributed by atoms with van der Waals surface area (Å²) in [6.45, 7) is 0.248. The van der Waals surface area contributed by atoms with E-state index in [1.807, 2.05) is 24.3 Å². The molecule has 4 heteroatoms. The molecule has 0 aliphatic heterocycles. The summed E-state index contributed by atoms with van der Waals surface area (Å²) in [4.78, 5) is 0. The van der Waals surface area contributed by atoms with Gasteiger partial charge in [-0.2, -0.15) is 8.78 Å². The molecular formula is C25H34F2O2. The number of ether oxygens (including phenoxy) is 2. The molecule has 0 unspecified atom stereocenters. The third kappa shape index (κ3) is 10.3. The highest BCUT2D eigenvalue weighted by Gasteiger charge is 2.04. The number of aryl methyl sites for hydroxylation is 2. The first-order valence-corrected chi connectivity index (χ1v) is 10.9. The Bertz CT molecular complexity index is 654. The highest BCUT2D eigenvalue weighted by molar-refractivity contribution is 5.30. The van der Waals surface area contributed by atoms with Crippen molar-refractivity contribution in [2.24, 2.45) is 0 Å². The van der Waals surface area contributed by atoms with E-state index in [-0.39, 0.29) is 5.75 Å². The Morgan fingerprint density at radius 1 is 0.655 bits per heavy atom. The number of hydrogen-bond donors (Lipinski definition) is 0. The van der Waals surface area contributed by atoms with E-state index in [1.54, 1.807) is 12.1 Å². The maximum Gasteiger partial charge on any atom is 0.387 e. The molecule has 0 aliphatic carbocycles. The van der Waals surface area contributed by atoms with Crippen molar-refractivity contribution in [2.45, 2.75) is 77.7 Å². The monoisotopic (exact) mass is 404 g/mol. The van der Waals surface area contributed by atoms with Crippen LogP contribution in [0.4, 0.5) is 8.78 Å². The molecular weight excluding hydrogens is 370 g/mol. The first-order chi connectivity index (χ1) is 14.2. The van der Waals surface area contributed by atoms with Gasteiger partial charge in [-0.1, -0.05) is 76.1 Å². The van der Waals surface area contributed by atoms with E-state index in [0.29, 0.717) is 0 Å². The average Bonchev–Trinajstić information content (AvgIpc) is 2.72. The molecule has 0 spiro atoms. The van der Waals surface area contributed by atoms with E-state index in [9.17, 15) is 8.78 Å². The van der Waals surface area contributed by atoms with Gasteiger partial charge in [-0.05, 0) is 54.7 Å². The zero-order valence-corrected chi connectivity index (χ0v) is 17.5. The Morgan fingerprint density at radius 2 is 1.14 bits per heavy atom. The largest absolute Gasteiger partial charge is 0.494 e. The molecule has 0 amide bonds. The lowest BCUT2D eigenvalue weighted by Gasteiger charge is -2.08. The molecule has 0 bridgehead atoms. The van der Waals surface area contributed by atoms with Gasteiger partial charge in [-0.3, -0.25) is 0 Å². The van der Waals surface area contributed by atoms with Crippen LogP contribution in [0.25, 0.3) is 0 Å².